The second-order valence-electron chi connectivity index (χ2n) is 3.42. The van der Waals surface area contributed by atoms with E-state index in [-0.39, 0.29) is 0 Å². The SMILES string of the molecule is COc1ccc2scc(CCCCl)c2c1. The molecule has 0 aliphatic rings. The van der Waals surface area contributed by atoms with Crippen molar-refractivity contribution in [2.45, 2.75) is 12.8 Å². The number of methoxy groups -OCH3 is 1. The van der Waals surface area contributed by atoms with Gasteiger partial charge in [-0.2, -0.15) is 0 Å². The third kappa shape index (κ3) is 2.27. The van der Waals surface area contributed by atoms with Crippen LogP contribution in [0.4, 0.5) is 0 Å². The largest absolute Gasteiger partial charge is 0.497 e. The summed E-state index contributed by atoms with van der Waals surface area (Å²) >= 11 is 7.49. The first-order chi connectivity index (χ1) is 7.35. The number of aryl methyl sites for hydroxylation is 1. The molecule has 0 spiro atoms. The maximum absolute atomic E-state index is 5.71. The van der Waals surface area contributed by atoms with E-state index < -0.39 is 0 Å². The Morgan fingerprint density at radius 2 is 2.27 bits per heavy atom. The molecule has 0 aliphatic carbocycles. The van der Waals surface area contributed by atoms with Crippen LogP contribution in [-0.4, -0.2) is 13.0 Å². The summed E-state index contributed by atoms with van der Waals surface area (Å²) in [5.41, 5.74) is 1.38. The third-order valence-corrected chi connectivity index (χ3v) is 3.72. The van der Waals surface area contributed by atoms with Crippen LogP contribution in [0.5, 0.6) is 5.75 Å². The van der Waals surface area contributed by atoms with E-state index in [1.54, 1.807) is 18.4 Å². The number of halogens is 1. The minimum atomic E-state index is 0.724. The van der Waals surface area contributed by atoms with Gasteiger partial charge in [0.2, 0.25) is 0 Å². The number of hydrogen-bond donors (Lipinski definition) is 0. The summed E-state index contributed by atoms with van der Waals surface area (Å²) in [5.74, 6) is 1.65. The van der Waals surface area contributed by atoms with Crippen LogP contribution in [0.25, 0.3) is 10.1 Å². The lowest BCUT2D eigenvalue weighted by Gasteiger charge is -2.01. The van der Waals surface area contributed by atoms with E-state index >= 15 is 0 Å². The highest BCUT2D eigenvalue weighted by molar-refractivity contribution is 7.17. The number of rotatable bonds is 4. The predicted octanol–water partition coefficient (Wildman–Crippen LogP) is 4.08. The first kappa shape index (κ1) is 10.8. The Morgan fingerprint density at radius 3 is 3.00 bits per heavy atom. The highest BCUT2D eigenvalue weighted by atomic mass is 35.5. The molecule has 0 atom stereocenters. The molecule has 0 radical (unpaired) electrons. The zero-order valence-electron chi connectivity index (χ0n) is 8.63. The molecule has 0 unspecified atom stereocenters. The molecule has 80 valence electrons. The minimum absolute atomic E-state index is 0.724. The molecule has 2 rings (SSSR count). The Bertz CT molecular complexity index is 450. The van der Waals surface area contributed by atoms with E-state index in [1.807, 2.05) is 6.07 Å². The van der Waals surface area contributed by atoms with Gasteiger partial charge >= 0.3 is 0 Å². The lowest BCUT2D eigenvalue weighted by atomic mass is 10.1. The first-order valence-corrected chi connectivity index (χ1v) is 6.36. The summed E-state index contributed by atoms with van der Waals surface area (Å²) in [4.78, 5) is 0. The van der Waals surface area contributed by atoms with Crippen molar-refractivity contribution in [2.75, 3.05) is 13.0 Å². The number of fused-ring (bicyclic) bond motifs is 1. The molecule has 1 nitrogen and oxygen atoms in total. The molecule has 2 aromatic rings. The van der Waals surface area contributed by atoms with Crippen molar-refractivity contribution >= 4 is 33.0 Å². The van der Waals surface area contributed by atoms with E-state index in [4.69, 9.17) is 16.3 Å². The van der Waals surface area contributed by atoms with Gasteiger partial charge in [0.25, 0.3) is 0 Å². The van der Waals surface area contributed by atoms with Crippen molar-refractivity contribution < 1.29 is 4.74 Å². The fourth-order valence-electron chi connectivity index (χ4n) is 1.64. The summed E-state index contributed by atoms with van der Waals surface area (Å²) in [6, 6.07) is 6.22. The molecule has 0 N–H and O–H groups in total. The predicted molar refractivity (Wildman–Crippen MR) is 67.4 cm³/mol. The normalized spacial score (nSPS) is 10.8. The molecule has 0 amide bonds. The van der Waals surface area contributed by atoms with Crippen LogP contribution in [-0.2, 0) is 6.42 Å². The summed E-state index contributed by atoms with van der Waals surface area (Å²) in [6.45, 7) is 0. The van der Waals surface area contributed by atoms with E-state index in [2.05, 4.69) is 17.5 Å². The smallest absolute Gasteiger partial charge is 0.119 e. The fourth-order valence-corrected chi connectivity index (χ4v) is 2.75. The monoisotopic (exact) mass is 240 g/mol. The van der Waals surface area contributed by atoms with E-state index in [1.165, 1.54) is 15.6 Å². The molecule has 1 aromatic carbocycles. The summed E-state index contributed by atoms with van der Waals surface area (Å²) in [6.07, 6.45) is 2.08. The lowest BCUT2D eigenvalue weighted by Crippen LogP contribution is -1.85. The molecule has 3 heteroatoms. The molecule has 1 aromatic heterocycles. The van der Waals surface area contributed by atoms with Crippen LogP contribution in [0.1, 0.15) is 12.0 Å². The third-order valence-electron chi connectivity index (χ3n) is 2.44. The van der Waals surface area contributed by atoms with E-state index in [9.17, 15) is 0 Å². The van der Waals surface area contributed by atoms with Gasteiger partial charge in [-0.05, 0) is 47.4 Å². The zero-order valence-corrected chi connectivity index (χ0v) is 10.2. The van der Waals surface area contributed by atoms with Crippen LogP contribution in [0.2, 0.25) is 0 Å². The Kier molecular flexibility index (Phi) is 3.49. The number of thiophene rings is 1. The van der Waals surface area contributed by atoms with E-state index in [0.29, 0.717) is 0 Å². The van der Waals surface area contributed by atoms with Gasteiger partial charge in [0, 0.05) is 10.6 Å². The van der Waals surface area contributed by atoms with Gasteiger partial charge in [-0.3, -0.25) is 0 Å². The van der Waals surface area contributed by atoms with Gasteiger partial charge < -0.3 is 4.74 Å². The minimum Gasteiger partial charge on any atom is -0.497 e. The van der Waals surface area contributed by atoms with Gasteiger partial charge in [-0.25, -0.2) is 0 Å². The molecular weight excluding hydrogens is 228 g/mol. The first-order valence-electron chi connectivity index (χ1n) is 4.95. The Hall–Kier alpha value is -0.730. The van der Waals surface area contributed by atoms with Crippen molar-refractivity contribution in [2.24, 2.45) is 0 Å². The Morgan fingerprint density at radius 1 is 1.40 bits per heavy atom. The van der Waals surface area contributed by atoms with Gasteiger partial charge in [0.05, 0.1) is 7.11 Å². The van der Waals surface area contributed by atoms with Crippen molar-refractivity contribution in [3.05, 3.63) is 29.1 Å². The highest BCUT2D eigenvalue weighted by Gasteiger charge is 2.04. The molecular formula is C12H13ClOS. The molecule has 0 saturated heterocycles. The maximum atomic E-state index is 5.71. The number of ether oxygens (including phenoxy) is 1. The van der Waals surface area contributed by atoms with Crippen LogP contribution in [0, 0.1) is 0 Å². The highest BCUT2D eigenvalue weighted by Crippen LogP contribution is 2.30. The Balaban J connectivity index is 2.38. The Labute approximate surface area is 98.6 Å². The summed E-state index contributed by atoms with van der Waals surface area (Å²) < 4.78 is 6.55. The zero-order chi connectivity index (χ0) is 10.7. The molecule has 1 heterocycles. The van der Waals surface area contributed by atoms with Crippen LogP contribution >= 0.6 is 22.9 Å². The van der Waals surface area contributed by atoms with Crippen LogP contribution in [0.15, 0.2) is 23.6 Å². The average Bonchev–Trinajstić information content (AvgIpc) is 2.68. The van der Waals surface area contributed by atoms with Crippen molar-refractivity contribution in [1.82, 2.24) is 0 Å². The van der Waals surface area contributed by atoms with Crippen LogP contribution in [0.3, 0.4) is 0 Å². The van der Waals surface area contributed by atoms with Gasteiger partial charge in [0.15, 0.2) is 0 Å². The molecule has 0 aliphatic heterocycles. The number of benzene rings is 1. The maximum Gasteiger partial charge on any atom is 0.119 e. The molecule has 0 fully saturated rings. The van der Waals surface area contributed by atoms with Gasteiger partial charge in [-0.1, -0.05) is 0 Å². The second kappa shape index (κ2) is 4.86. The molecule has 0 saturated carbocycles. The van der Waals surface area contributed by atoms with Gasteiger partial charge in [-0.15, -0.1) is 22.9 Å². The molecule has 0 bridgehead atoms. The summed E-state index contributed by atoms with van der Waals surface area (Å²) in [7, 11) is 1.70. The second-order valence-corrected chi connectivity index (χ2v) is 4.70. The van der Waals surface area contributed by atoms with Gasteiger partial charge in [0.1, 0.15) is 5.75 Å². The quantitative estimate of drug-likeness (QED) is 0.732. The summed E-state index contributed by atoms with van der Waals surface area (Å²) in [5, 5.41) is 3.53. The number of alkyl halides is 1. The topological polar surface area (TPSA) is 9.23 Å². The molecule has 15 heavy (non-hydrogen) atoms. The standard InChI is InChI=1S/C12H13ClOS/c1-14-10-4-5-12-11(7-10)9(8-15-12)3-2-6-13/h4-5,7-8H,2-3,6H2,1H3. The lowest BCUT2D eigenvalue weighted by molar-refractivity contribution is 0.415. The van der Waals surface area contributed by atoms with Crippen LogP contribution < -0.4 is 4.74 Å². The average molecular weight is 241 g/mol. The fraction of sp³-hybridized carbons (Fsp3) is 0.333. The van der Waals surface area contributed by atoms with E-state index in [0.717, 1.165) is 24.5 Å². The van der Waals surface area contributed by atoms with Crippen molar-refractivity contribution in [1.29, 1.82) is 0 Å². The number of hydrogen-bond acceptors (Lipinski definition) is 2. The van der Waals surface area contributed by atoms with Crippen molar-refractivity contribution in [3.8, 4) is 5.75 Å². The van der Waals surface area contributed by atoms with Crippen molar-refractivity contribution in [3.63, 3.8) is 0 Å².